The largest absolute Gasteiger partial charge is 0.321 e. The van der Waals surface area contributed by atoms with Gasteiger partial charge in [0.15, 0.2) is 0 Å². The Hall–Kier alpha value is -1.68. The first kappa shape index (κ1) is 11.8. The number of hydrogen-bond acceptors (Lipinski definition) is 2. The number of nitrogens with zero attached hydrogens (tertiary/aromatic N) is 1. The number of para-hydroxylation sites is 1. The van der Waals surface area contributed by atoms with Crippen molar-refractivity contribution in [1.29, 1.82) is 0 Å². The summed E-state index contributed by atoms with van der Waals surface area (Å²) in [6, 6.07) is 11.2. The minimum Gasteiger partial charge on any atom is -0.321 e. The molecular weight excluding hydrogens is 280 g/mol. The molecule has 1 aromatic carbocycles. The fourth-order valence-electron chi connectivity index (χ4n) is 1.49. The number of pyridine rings is 1. The van der Waals surface area contributed by atoms with Crippen molar-refractivity contribution in [3.63, 3.8) is 0 Å². The highest BCUT2D eigenvalue weighted by Crippen LogP contribution is 2.14. The SMILES string of the molecule is Cc1cc(Br)cnc1C(=O)Nc1ccccc1. The van der Waals surface area contributed by atoms with Gasteiger partial charge in [-0.05, 0) is 46.6 Å². The molecule has 2 aromatic rings. The van der Waals surface area contributed by atoms with Gasteiger partial charge >= 0.3 is 0 Å². The first-order chi connectivity index (χ1) is 8.16. The number of carbonyl (C=O) groups excluding carboxylic acids is 1. The van der Waals surface area contributed by atoms with Crippen LogP contribution in [-0.4, -0.2) is 10.9 Å². The fraction of sp³-hybridized carbons (Fsp3) is 0.0769. The predicted octanol–water partition coefficient (Wildman–Crippen LogP) is 3.40. The normalized spacial score (nSPS) is 10.0. The topological polar surface area (TPSA) is 42.0 Å². The zero-order valence-corrected chi connectivity index (χ0v) is 10.9. The van der Waals surface area contributed by atoms with Crippen LogP contribution >= 0.6 is 15.9 Å². The zero-order chi connectivity index (χ0) is 12.3. The molecule has 1 heterocycles. The number of aryl methyl sites for hydroxylation is 1. The Labute approximate surface area is 108 Å². The molecule has 0 aliphatic rings. The summed E-state index contributed by atoms with van der Waals surface area (Å²) in [6.45, 7) is 1.86. The molecule has 1 aromatic heterocycles. The maximum absolute atomic E-state index is 12.0. The van der Waals surface area contributed by atoms with E-state index in [0.29, 0.717) is 5.69 Å². The number of hydrogen-bond donors (Lipinski definition) is 1. The first-order valence-electron chi connectivity index (χ1n) is 5.15. The summed E-state index contributed by atoms with van der Waals surface area (Å²) in [6.07, 6.45) is 1.62. The van der Waals surface area contributed by atoms with E-state index in [1.165, 1.54) is 0 Å². The molecule has 2 rings (SSSR count). The molecule has 0 unspecified atom stereocenters. The standard InChI is InChI=1S/C13H11BrN2O/c1-9-7-10(14)8-15-12(9)13(17)16-11-5-3-2-4-6-11/h2-8H,1H3,(H,16,17). The smallest absolute Gasteiger partial charge is 0.274 e. The number of rotatable bonds is 2. The van der Waals surface area contributed by atoms with Crippen LogP contribution in [0.4, 0.5) is 5.69 Å². The number of anilines is 1. The third-order valence-corrected chi connectivity index (χ3v) is 2.73. The highest BCUT2D eigenvalue weighted by molar-refractivity contribution is 9.10. The van der Waals surface area contributed by atoms with E-state index in [1.54, 1.807) is 6.20 Å². The second-order valence-corrected chi connectivity index (χ2v) is 4.55. The lowest BCUT2D eigenvalue weighted by Gasteiger charge is -2.06. The number of amides is 1. The van der Waals surface area contributed by atoms with Crippen molar-refractivity contribution in [1.82, 2.24) is 4.98 Å². The molecule has 0 aliphatic carbocycles. The van der Waals surface area contributed by atoms with E-state index in [0.717, 1.165) is 15.7 Å². The van der Waals surface area contributed by atoms with Crippen molar-refractivity contribution in [2.24, 2.45) is 0 Å². The second kappa shape index (κ2) is 5.10. The van der Waals surface area contributed by atoms with Gasteiger partial charge in [-0.25, -0.2) is 4.98 Å². The number of carbonyl (C=O) groups is 1. The van der Waals surface area contributed by atoms with E-state index < -0.39 is 0 Å². The van der Waals surface area contributed by atoms with Crippen molar-refractivity contribution < 1.29 is 4.79 Å². The van der Waals surface area contributed by atoms with Gasteiger partial charge in [0.1, 0.15) is 5.69 Å². The Balaban J connectivity index is 2.21. The monoisotopic (exact) mass is 290 g/mol. The lowest BCUT2D eigenvalue weighted by Crippen LogP contribution is -2.15. The second-order valence-electron chi connectivity index (χ2n) is 3.64. The molecular formula is C13H11BrN2O. The lowest BCUT2D eigenvalue weighted by molar-refractivity contribution is 0.102. The van der Waals surface area contributed by atoms with Crippen molar-refractivity contribution >= 4 is 27.5 Å². The molecule has 0 aliphatic heterocycles. The van der Waals surface area contributed by atoms with Crippen LogP contribution in [0.2, 0.25) is 0 Å². The summed E-state index contributed by atoms with van der Waals surface area (Å²) in [5.74, 6) is -0.193. The maximum atomic E-state index is 12.0. The van der Waals surface area contributed by atoms with Crippen molar-refractivity contribution in [3.8, 4) is 0 Å². The molecule has 1 N–H and O–H groups in total. The van der Waals surface area contributed by atoms with E-state index in [1.807, 2.05) is 43.3 Å². The molecule has 0 fully saturated rings. The third-order valence-electron chi connectivity index (χ3n) is 2.29. The summed E-state index contributed by atoms with van der Waals surface area (Å²) >= 11 is 3.32. The highest BCUT2D eigenvalue weighted by Gasteiger charge is 2.10. The lowest BCUT2D eigenvalue weighted by atomic mass is 10.2. The molecule has 0 radical (unpaired) electrons. The van der Waals surface area contributed by atoms with Crippen LogP contribution in [-0.2, 0) is 0 Å². The maximum Gasteiger partial charge on any atom is 0.274 e. The molecule has 3 nitrogen and oxygen atoms in total. The molecule has 4 heteroatoms. The van der Waals surface area contributed by atoms with Gasteiger partial charge in [-0.15, -0.1) is 0 Å². The summed E-state index contributed by atoms with van der Waals surface area (Å²) in [5.41, 5.74) is 2.05. The Morgan fingerprint density at radius 1 is 1.29 bits per heavy atom. The highest BCUT2D eigenvalue weighted by atomic mass is 79.9. The first-order valence-corrected chi connectivity index (χ1v) is 5.94. The molecule has 17 heavy (non-hydrogen) atoms. The van der Waals surface area contributed by atoms with Crippen LogP contribution in [0.15, 0.2) is 47.1 Å². The summed E-state index contributed by atoms with van der Waals surface area (Å²) < 4.78 is 0.867. The van der Waals surface area contributed by atoms with Crippen LogP contribution < -0.4 is 5.32 Å². The third kappa shape index (κ3) is 2.91. The van der Waals surface area contributed by atoms with E-state index in [9.17, 15) is 4.79 Å². The Bertz CT molecular complexity index is 540. The van der Waals surface area contributed by atoms with Gasteiger partial charge in [0.2, 0.25) is 0 Å². The molecule has 0 bridgehead atoms. The zero-order valence-electron chi connectivity index (χ0n) is 9.27. The van der Waals surface area contributed by atoms with Crippen molar-refractivity contribution in [3.05, 3.63) is 58.3 Å². The van der Waals surface area contributed by atoms with Gasteiger partial charge in [-0.1, -0.05) is 18.2 Å². The molecule has 0 spiro atoms. The molecule has 86 valence electrons. The predicted molar refractivity (Wildman–Crippen MR) is 71.1 cm³/mol. The van der Waals surface area contributed by atoms with Crippen LogP contribution in [0.25, 0.3) is 0 Å². The number of benzene rings is 1. The van der Waals surface area contributed by atoms with E-state index in [2.05, 4.69) is 26.2 Å². The van der Waals surface area contributed by atoms with Crippen molar-refractivity contribution in [2.75, 3.05) is 5.32 Å². The van der Waals surface area contributed by atoms with E-state index in [4.69, 9.17) is 0 Å². The van der Waals surface area contributed by atoms with Gasteiger partial charge in [0.25, 0.3) is 5.91 Å². The Kier molecular flexibility index (Phi) is 3.54. The minimum absolute atomic E-state index is 0.193. The van der Waals surface area contributed by atoms with Crippen LogP contribution in [0, 0.1) is 6.92 Å². The number of nitrogens with one attached hydrogen (secondary N) is 1. The van der Waals surface area contributed by atoms with Gasteiger partial charge in [0, 0.05) is 16.4 Å². The average molecular weight is 291 g/mol. The summed E-state index contributed by atoms with van der Waals surface area (Å²) in [4.78, 5) is 16.1. The Morgan fingerprint density at radius 3 is 2.65 bits per heavy atom. The van der Waals surface area contributed by atoms with Gasteiger partial charge in [-0.2, -0.15) is 0 Å². The fourth-order valence-corrected chi connectivity index (χ4v) is 1.94. The van der Waals surface area contributed by atoms with Crippen LogP contribution in [0.5, 0.6) is 0 Å². The molecule has 0 saturated carbocycles. The average Bonchev–Trinajstić information content (AvgIpc) is 2.30. The number of aromatic nitrogens is 1. The summed E-state index contributed by atoms with van der Waals surface area (Å²) in [5, 5.41) is 2.80. The van der Waals surface area contributed by atoms with Crippen LogP contribution in [0.3, 0.4) is 0 Å². The van der Waals surface area contributed by atoms with Gasteiger partial charge in [0.05, 0.1) is 0 Å². The molecule has 0 atom stereocenters. The molecule has 1 amide bonds. The molecule has 0 saturated heterocycles. The quantitative estimate of drug-likeness (QED) is 0.921. The van der Waals surface area contributed by atoms with Crippen LogP contribution in [0.1, 0.15) is 16.1 Å². The Morgan fingerprint density at radius 2 is 2.00 bits per heavy atom. The summed E-state index contributed by atoms with van der Waals surface area (Å²) in [7, 11) is 0. The van der Waals surface area contributed by atoms with E-state index >= 15 is 0 Å². The van der Waals surface area contributed by atoms with Crippen molar-refractivity contribution in [2.45, 2.75) is 6.92 Å². The van der Waals surface area contributed by atoms with E-state index in [-0.39, 0.29) is 5.91 Å². The number of halogens is 1. The van der Waals surface area contributed by atoms with Gasteiger partial charge in [-0.3, -0.25) is 4.79 Å². The van der Waals surface area contributed by atoms with Gasteiger partial charge < -0.3 is 5.32 Å². The minimum atomic E-state index is -0.193.